The Hall–Kier alpha value is -3.65. The number of amides is 1. The maximum atomic E-state index is 13.0. The van der Waals surface area contributed by atoms with Crippen LogP contribution in [0.25, 0.3) is 20.5 Å². The summed E-state index contributed by atoms with van der Waals surface area (Å²) in [6, 6.07) is 8.10. The van der Waals surface area contributed by atoms with E-state index in [1.54, 1.807) is 17.5 Å². The number of carbonyl (C=O) groups is 2. The van der Waals surface area contributed by atoms with Crippen LogP contribution in [-0.2, 0) is 12.8 Å². The molecule has 0 saturated heterocycles. The molecular weight excluding hydrogens is 470 g/mol. The number of fused-ring (bicyclic) bond motifs is 3. The second-order valence-electron chi connectivity index (χ2n) is 9.98. The summed E-state index contributed by atoms with van der Waals surface area (Å²) in [4.78, 5) is 40.3. The first-order valence-electron chi connectivity index (χ1n) is 12.4. The van der Waals surface area contributed by atoms with Crippen LogP contribution in [0.4, 0.5) is 5.82 Å². The molecule has 0 spiro atoms. The number of carbonyl (C=O) groups excluding carboxylic acids is 2. The van der Waals surface area contributed by atoms with E-state index in [9.17, 15) is 9.59 Å². The zero-order valence-electron chi connectivity index (χ0n) is 20.5. The van der Waals surface area contributed by atoms with E-state index >= 15 is 0 Å². The van der Waals surface area contributed by atoms with Gasteiger partial charge in [-0.05, 0) is 61.3 Å². The van der Waals surface area contributed by atoms with Crippen molar-refractivity contribution < 1.29 is 9.59 Å². The second-order valence-corrected chi connectivity index (χ2v) is 11.0. The summed E-state index contributed by atoms with van der Waals surface area (Å²) in [5.41, 5.74) is 5.54. The van der Waals surface area contributed by atoms with Gasteiger partial charge in [0, 0.05) is 34.1 Å². The smallest absolute Gasteiger partial charge is 0.254 e. The van der Waals surface area contributed by atoms with Gasteiger partial charge in [0.2, 0.25) is 0 Å². The Labute approximate surface area is 213 Å². The number of nitrogens with one attached hydrogen (secondary N) is 2. The van der Waals surface area contributed by atoms with Crippen LogP contribution in [0.3, 0.4) is 0 Å². The molecule has 0 saturated carbocycles. The molecule has 1 aliphatic carbocycles. The van der Waals surface area contributed by atoms with Gasteiger partial charge in [-0.2, -0.15) is 0 Å². The Morgan fingerprint density at radius 2 is 2.08 bits per heavy atom. The van der Waals surface area contributed by atoms with Crippen molar-refractivity contribution in [3.05, 3.63) is 70.4 Å². The van der Waals surface area contributed by atoms with Crippen molar-refractivity contribution >= 4 is 39.4 Å². The molecule has 182 valence electrons. The lowest BCUT2D eigenvalue weighted by molar-refractivity contribution is 0.0959. The van der Waals surface area contributed by atoms with Gasteiger partial charge in [-0.25, -0.2) is 4.98 Å². The normalized spacial score (nSPS) is 18.4. The van der Waals surface area contributed by atoms with E-state index in [0.717, 1.165) is 57.0 Å². The molecule has 7 nitrogen and oxygen atoms in total. The lowest BCUT2D eigenvalue weighted by Gasteiger charge is -2.15. The molecule has 0 fully saturated rings. The molecule has 2 aliphatic rings. The highest BCUT2D eigenvalue weighted by Crippen LogP contribution is 2.44. The van der Waals surface area contributed by atoms with E-state index in [2.05, 4.69) is 46.6 Å². The summed E-state index contributed by atoms with van der Waals surface area (Å²) in [6.07, 6.45) is 7.08. The van der Waals surface area contributed by atoms with Gasteiger partial charge in [0.15, 0.2) is 6.29 Å². The average Bonchev–Trinajstić information content (AvgIpc) is 3.54. The van der Waals surface area contributed by atoms with Gasteiger partial charge in [-0.3, -0.25) is 19.6 Å². The molecule has 4 aromatic heterocycles. The third-order valence-corrected chi connectivity index (χ3v) is 8.18. The highest BCUT2D eigenvalue weighted by Gasteiger charge is 2.34. The molecule has 5 heterocycles. The first-order valence-corrected chi connectivity index (χ1v) is 13.2. The molecule has 2 N–H and O–H groups in total. The molecule has 1 amide bonds. The van der Waals surface area contributed by atoms with Crippen molar-refractivity contribution in [1.82, 2.24) is 20.3 Å². The number of nitrogens with zero attached hydrogens (tertiary/aromatic N) is 3. The first-order chi connectivity index (χ1) is 17.4. The van der Waals surface area contributed by atoms with Crippen molar-refractivity contribution in [2.75, 3.05) is 5.32 Å². The minimum atomic E-state index is -0.192. The van der Waals surface area contributed by atoms with E-state index < -0.39 is 0 Å². The Morgan fingerprint density at radius 1 is 1.22 bits per heavy atom. The van der Waals surface area contributed by atoms with Crippen molar-refractivity contribution in [2.45, 2.75) is 52.1 Å². The summed E-state index contributed by atoms with van der Waals surface area (Å²) >= 11 is 1.56. The lowest BCUT2D eigenvalue weighted by atomic mass is 9.93. The maximum Gasteiger partial charge on any atom is 0.254 e. The number of thiophene rings is 1. The zero-order valence-corrected chi connectivity index (χ0v) is 21.3. The summed E-state index contributed by atoms with van der Waals surface area (Å²) in [7, 11) is 0. The molecule has 0 aromatic carbocycles. The van der Waals surface area contributed by atoms with Crippen LogP contribution in [0.15, 0.2) is 36.7 Å². The zero-order chi connectivity index (χ0) is 25.0. The molecule has 2 atom stereocenters. The first kappa shape index (κ1) is 22.8. The molecule has 2 unspecified atom stereocenters. The third kappa shape index (κ3) is 3.67. The van der Waals surface area contributed by atoms with Gasteiger partial charge >= 0.3 is 0 Å². The van der Waals surface area contributed by atoms with Crippen LogP contribution >= 0.6 is 11.3 Å². The van der Waals surface area contributed by atoms with Crippen molar-refractivity contribution in [1.29, 1.82) is 0 Å². The molecule has 1 aliphatic heterocycles. The predicted octanol–water partition coefficient (Wildman–Crippen LogP) is 5.67. The summed E-state index contributed by atoms with van der Waals surface area (Å²) < 4.78 is 1.00. The van der Waals surface area contributed by atoms with Crippen LogP contribution in [0.5, 0.6) is 0 Å². The standard InChI is InChI=1S/C28H27N5O2S/c1-14(2)11-21-18(13-34)23(24-25(32-21)15(3)31-28(24)35)22-12-16-8-10-30-27(26(16)36-22)33-20-7-6-19-17(20)5-4-9-29-19/h4-5,8-10,12-15,20H,6-7,11H2,1-3H3,(H,30,33)(H,31,35). The van der Waals surface area contributed by atoms with Gasteiger partial charge < -0.3 is 10.6 Å². The lowest BCUT2D eigenvalue weighted by Crippen LogP contribution is -2.16. The van der Waals surface area contributed by atoms with Gasteiger partial charge in [0.1, 0.15) is 5.82 Å². The number of pyridine rings is 3. The van der Waals surface area contributed by atoms with Gasteiger partial charge in [-0.15, -0.1) is 11.3 Å². The van der Waals surface area contributed by atoms with Crippen LogP contribution in [0.2, 0.25) is 0 Å². The molecule has 8 heteroatoms. The fourth-order valence-electron chi connectivity index (χ4n) is 5.39. The third-order valence-electron chi connectivity index (χ3n) is 7.01. The van der Waals surface area contributed by atoms with E-state index in [-0.39, 0.29) is 18.0 Å². The van der Waals surface area contributed by atoms with E-state index in [1.165, 1.54) is 5.56 Å². The van der Waals surface area contributed by atoms with E-state index in [0.29, 0.717) is 29.0 Å². The number of aromatic nitrogens is 3. The van der Waals surface area contributed by atoms with E-state index in [1.807, 2.05) is 25.3 Å². The minimum absolute atomic E-state index is 0.150. The Morgan fingerprint density at radius 3 is 2.89 bits per heavy atom. The quantitative estimate of drug-likeness (QED) is 0.333. The van der Waals surface area contributed by atoms with Crippen LogP contribution < -0.4 is 10.6 Å². The Kier molecular flexibility index (Phi) is 5.56. The minimum Gasteiger partial charge on any atom is -0.362 e. The SMILES string of the molecule is CC(C)Cc1nc2c(c(-c3cc4ccnc(NC5CCc6ncccc65)c4s3)c1C=O)C(=O)NC2C. The number of aryl methyl sites for hydroxylation is 1. The maximum absolute atomic E-state index is 13.0. The molecule has 0 radical (unpaired) electrons. The van der Waals surface area contributed by atoms with E-state index in [4.69, 9.17) is 4.98 Å². The Balaban J connectivity index is 1.49. The van der Waals surface area contributed by atoms with Gasteiger partial charge in [-0.1, -0.05) is 19.9 Å². The predicted molar refractivity (Wildman–Crippen MR) is 142 cm³/mol. The molecular formula is C28H27N5O2S. The van der Waals surface area contributed by atoms with Crippen molar-refractivity contribution in [3.63, 3.8) is 0 Å². The number of hydrogen-bond acceptors (Lipinski definition) is 7. The topological polar surface area (TPSA) is 96.9 Å². The van der Waals surface area contributed by atoms with Crippen molar-refractivity contribution in [3.8, 4) is 10.4 Å². The monoisotopic (exact) mass is 497 g/mol. The molecule has 6 rings (SSSR count). The van der Waals surface area contributed by atoms with Crippen molar-refractivity contribution in [2.24, 2.45) is 5.92 Å². The summed E-state index contributed by atoms with van der Waals surface area (Å²) in [5, 5.41) is 7.65. The highest BCUT2D eigenvalue weighted by atomic mass is 32.1. The number of hydrogen-bond donors (Lipinski definition) is 2. The molecule has 36 heavy (non-hydrogen) atoms. The van der Waals surface area contributed by atoms with Gasteiger partial charge in [0.25, 0.3) is 5.91 Å². The van der Waals surface area contributed by atoms with Crippen LogP contribution in [0, 0.1) is 5.92 Å². The average molecular weight is 498 g/mol. The summed E-state index contributed by atoms with van der Waals surface area (Å²) in [5.74, 6) is 0.959. The number of rotatable bonds is 6. The van der Waals surface area contributed by atoms with Gasteiger partial charge in [0.05, 0.1) is 33.7 Å². The van der Waals surface area contributed by atoms with Crippen LogP contribution in [-0.4, -0.2) is 27.1 Å². The fraction of sp³-hybridized carbons (Fsp3) is 0.321. The number of anilines is 1. The number of aldehydes is 1. The second kappa shape index (κ2) is 8.78. The summed E-state index contributed by atoms with van der Waals surface area (Å²) in [6.45, 7) is 6.15. The van der Waals surface area contributed by atoms with Crippen LogP contribution in [0.1, 0.15) is 82.6 Å². The largest absolute Gasteiger partial charge is 0.362 e. The fourth-order valence-corrected chi connectivity index (χ4v) is 6.57. The Bertz CT molecular complexity index is 1530. The molecule has 4 aromatic rings. The molecule has 0 bridgehead atoms. The highest BCUT2D eigenvalue weighted by molar-refractivity contribution is 7.22.